The summed E-state index contributed by atoms with van der Waals surface area (Å²) in [5.41, 5.74) is 2.26. The number of aliphatic hydroxyl groups excluding tert-OH is 1. The maximum atomic E-state index is 12.8. The van der Waals surface area contributed by atoms with Crippen LogP contribution in [0.15, 0.2) is 0 Å². The van der Waals surface area contributed by atoms with E-state index in [1.807, 2.05) is 32.7 Å². The lowest BCUT2D eigenvalue weighted by atomic mass is 9.58. The second-order valence-electron chi connectivity index (χ2n) is 6.89. The van der Waals surface area contributed by atoms with Gasteiger partial charge in [0.1, 0.15) is 0 Å². The van der Waals surface area contributed by atoms with Crippen molar-refractivity contribution in [1.29, 1.82) is 0 Å². The Hall–Kier alpha value is -1.40. The van der Waals surface area contributed by atoms with E-state index in [9.17, 15) is 9.90 Å². The topological polar surface area (TPSA) is 67.6 Å². The molecule has 0 aromatic carbocycles. The summed E-state index contributed by atoms with van der Waals surface area (Å²) in [6.45, 7) is 7.83. The highest BCUT2D eigenvalue weighted by Crippen LogP contribution is 2.51. The Balaban J connectivity index is 1.70. The molecule has 3 rings (SSSR count). The summed E-state index contributed by atoms with van der Waals surface area (Å²) in [6, 6.07) is 0. The largest absolute Gasteiger partial charge is 0.392 e. The highest BCUT2D eigenvalue weighted by atomic mass is 16.5. The first-order valence-electron chi connectivity index (χ1n) is 8.50. The predicted octanol–water partition coefficient (Wildman–Crippen LogP) is 1.43. The minimum Gasteiger partial charge on any atom is -0.392 e. The van der Waals surface area contributed by atoms with Gasteiger partial charge in [0.05, 0.1) is 23.5 Å². The number of piperidine rings is 1. The molecule has 128 valence electrons. The molecule has 6 heteroatoms. The summed E-state index contributed by atoms with van der Waals surface area (Å²) in [7, 11) is 1.86. The van der Waals surface area contributed by atoms with Crippen molar-refractivity contribution in [3.8, 4) is 0 Å². The van der Waals surface area contributed by atoms with Gasteiger partial charge in [0, 0.05) is 44.3 Å². The van der Waals surface area contributed by atoms with Gasteiger partial charge in [-0.05, 0) is 33.6 Å². The predicted molar refractivity (Wildman–Crippen MR) is 86.3 cm³/mol. The minimum atomic E-state index is -0.293. The van der Waals surface area contributed by atoms with Gasteiger partial charge >= 0.3 is 0 Å². The number of rotatable bonds is 3. The fraction of sp³-hybridized carbons (Fsp3) is 0.765. The molecule has 0 radical (unpaired) electrons. The molecule has 1 saturated carbocycles. The van der Waals surface area contributed by atoms with Gasteiger partial charge in [0.15, 0.2) is 0 Å². The van der Waals surface area contributed by atoms with Crippen LogP contribution in [0.5, 0.6) is 0 Å². The number of carbonyl (C=O) groups excluding carboxylic acids is 1. The first-order chi connectivity index (χ1) is 10.9. The Morgan fingerprint density at radius 3 is 2.52 bits per heavy atom. The summed E-state index contributed by atoms with van der Waals surface area (Å²) < 4.78 is 7.55. The third-order valence-electron chi connectivity index (χ3n) is 5.81. The number of aliphatic hydroxyl groups is 1. The van der Waals surface area contributed by atoms with E-state index in [-0.39, 0.29) is 23.5 Å². The van der Waals surface area contributed by atoms with E-state index < -0.39 is 0 Å². The Bertz CT molecular complexity index is 600. The van der Waals surface area contributed by atoms with Crippen LogP contribution in [-0.4, -0.2) is 57.6 Å². The molecule has 23 heavy (non-hydrogen) atoms. The quantitative estimate of drug-likeness (QED) is 0.914. The monoisotopic (exact) mass is 321 g/mol. The van der Waals surface area contributed by atoms with Gasteiger partial charge in [-0.15, -0.1) is 0 Å². The van der Waals surface area contributed by atoms with Crippen molar-refractivity contribution in [3.05, 3.63) is 17.0 Å². The van der Waals surface area contributed by atoms with Crippen LogP contribution >= 0.6 is 0 Å². The van der Waals surface area contributed by atoms with Crippen LogP contribution < -0.4 is 0 Å². The van der Waals surface area contributed by atoms with E-state index >= 15 is 0 Å². The highest BCUT2D eigenvalue weighted by Gasteiger charge is 2.56. The number of aromatic nitrogens is 2. The maximum Gasteiger partial charge on any atom is 0.257 e. The van der Waals surface area contributed by atoms with E-state index in [1.54, 1.807) is 4.68 Å². The Morgan fingerprint density at radius 1 is 1.39 bits per heavy atom. The molecule has 2 aliphatic rings. The molecule has 2 heterocycles. The molecule has 0 bridgehead atoms. The maximum absolute atomic E-state index is 12.8. The molecule has 1 aliphatic heterocycles. The number of aryl methyl sites for hydroxylation is 2. The zero-order valence-electron chi connectivity index (χ0n) is 14.5. The van der Waals surface area contributed by atoms with E-state index in [0.717, 1.165) is 36.2 Å². The van der Waals surface area contributed by atoms with Gasteiger partial charge in [-0.1, -0.05) is 0 Å². The smallest absolute Gasteiger partial charge is 0.257 e. The third-order valence-corrected chi connectivity index (χ3v) is 5.81. The number of hydrogen-bond acceptors (Lipinski definition) is 4. The van der Waals surface area contributed by atoms with Crippen LogP contribution in [0.4, 0.5) is 0 Å². The molecular weight excluding hydrogens is 294 g/mol. The first kappa shape index (κ1) is 16.5. The molecular formula is C17H27N3O3. The van der Waals surface area contributed by atoms with E-state index in [0.29, 0.717) is 19.7 Å². The summed E-state index contributed by atoms with van der Waals surface area (Å²) in [5, 5.41) is 14.6. The molecule has 1 aromatic rings. The van der Waals surface area contributed by atoms with Crippen LogP contribution in [0.3, 0.4) is 0 Å². The molecule has 2 fully saturated rings. The molecule has 6 nitrogen and oxygen atoms in total. The SMILES string of the molecule is CCOC1CC(O)C12CCN(C(=O)c1c(C)nn(C)c1C)CC2. The molecule has 1 aliphatic carbocycles. The van der Waals surface area contributed by atoms with E-state index in [2.05, 4.69) is 5.10 Å². The average molecular weight is 321 g/mol. The Kier molecular flexibility index (Phi) is 4.23. The van der Waals surface area contributed by atoms with Crippen molar-refractivity contribution in [1.82, 2.24) is 14.7 Å². The zero-order chi connectivity index (χ0) is 16.8. The second-order valence-corrected chi connectivity index (χ2v) is 6.89. The summed E-state index contributed by atoms with van der Waals surface area (Å²) in [5.74, 6) is 0.0599. The molecule has 1 amide bonds. The van der Waals surface area contributed by atoms with Crippen LogP contribution in [0.25, 0.3) is 0 Å². The van der Waals surface area contributed by atoms with Gasteiger partial charge in [-0.25, -0.2) is 0 Å². The third kappa shape index (κ3) is 2.48. The van der Waals surface area contributed by atoms with Crippen molar-refractivity contribution >= 4 is 5.91 Å². The Morgan fingerprint density at radius 2 is 2.04 bits per heavy atom. The molecule has 1 spiro atoms. The van der Waals surface area contributed by atoms with Gasteiger partial charge in [0.25, 0.3) is 5.91 Å². The first-order valence-corrected chi connectivity index (χ1v) is 8.50. The molecule has 1 aromatic heterocycles. The normalized spacial score (nSPS) is 26.4. The van der Waals surface area contributed by atoms with Crippen LogP contribution in [0.2, 0.25) is 0 Å². The van der Waals surface area contributed by atoms with Gasteiger partial charge in [0.2, 0.25) is 0 Å². The minimum absolute atomic E-state index is 0.0599. The number of hydrogen-bond donors (Lipinski definition) is 1. The highest BCUT2D eigenvalue weighted by molar-refractivity contribution is 5.96. The number of likely N-dealkylation sites (tertiary alicyclic amines) is 1. The molecule has 2 unspecified atom stereocenters. The summed E-state index contributed by atoms with van der Waals surface area (Å²) in [4.78, 5) is 14.7. The summed E-state index contributed by atoms with van der Waals surface area (Å²) in [6.07, 6.45) is 2.19. The number of nitrogens with zero attached hydrogens (tertiary/aromatic N) is 3. The molecule has 2 atom stereocenters. The van der Waals surface area contributed by atoms with Crippen molar-refractivity contribution in [2.75, 3.05) is 19.7 Å². The lowest BCUT2D eigenvalue weighted by molar-refractivity contribution is -0.207. The number of carbonyl (C=O) groups is 1. The molecule has 1 saturated heterocycles. The zero-order valence-corrected chi connectivity index (χ0v) is 14.5. The molecule has 1 N–H and O–H groups in total. The Labute approximate surface area is 137 Å². The average Bonchev–Trinajstić information content (AvgIpc) is 2.79. The van der Waals surface area contributed by atoms with Crippen LogP contribution in [0.1, 0.15) is 47.9 Å². The van der Waals surface area contributed by atoms with Gasteiger partial charge in [-0.3, -0.25) is 9.48 Å². The second kappa shape index (κ2) is 5.91. The number of amides is 1. The van der Waals surface area contributed by atoms with Crippen LogP contribution in [-0.2, 0) is 11.8 Å². The van der Waals surface area contributed by atoms with Crippen molar-refractivity contribution in [3.63, 3.8) is 0 Å². The van der Waals surface area contributed by atoms with Crippen molar-refractivity contribution in [2.45, 2.75) is 52.2 Å². The van der Waals surface area contributed by atoms with Gasteiger partial charge < -0.3 is 14.7 Å². The fourth-order valence-corrected chi connectivity index (χ4v) is 4.18. The standard InChI is InChI=1S/C17H27N3O3/c1-5-23-14-10-13(21)17(14)6-8-20(9-7-17)16(22)15-11(2)18-19(4)12(15)3/h13-14,21H,5-10H2,1-4H3. The van der Waals surface area contributed by atoms with Crippen molar-refractivity contribution in [2.24, 2.45) is 12.5 Å². The van der Waals surface area contributed by atoms with E-state index in [4.69, 9.17) is 4.74 Å². The van der Waals surface area contributed by atoms with Crippen molar-refractivity contribution < 1.29 is 14.6 Å². The number of ether oxygens (including phenoxy) is 1. The fourth-order valence-electron chi connectivity index (χ4n) is 4.18. The lowest BCUT2D eigenvalue weighted by Gasteiger charge is -2.56. The van der Waals surface area contributed by atoms with Crippen LogP contribution in [0, 0.1) is 19.3 Å². The van der Waals surface area contributed by atoms with Gasteiger partial charge in [-0.2, -0.15) is 5.10 Å². The van der Waals surface area contributed by atoms with E-state index in [1.165, 1.54) is 0 Å². The lowest BCUT2D eigenvalue weighted by Crippen LogP contribution is -2.62. The summed E-state index contributed by atoms with van der Waals surface area (Å²) >= 11 is 0.